The van der Waals surface area contributed by atoms with Crippen LogP contribution >= 0.6 is 43.4 Å². The lowest BCUT2D eigenvalue weighted by Gasteiger charge is -2.17. The molecule has 1 aromatic carbocycles. The number of rotatable bonds is 5. The van der Waals surface area contributed by atoms with E-state index in [1.54, 1.807) is 0 Å². The summed E-state index contributed by atoms with van der Waals surface area (Å²) in [7, 11) is 0. The van der Waals surface area contributed by atoms with Gasteiger partial charge in [0.05, 0.1) is 10.1 Å². The maximum absolute atomic E-state index is 12.3. The van der Waals surface area contributed by atoms with E-state index in [9.17, 15) is 4.79 Å². The van der Waals surface area contributed by atoms with Crippen LogP contribution in [0, 0.1) is 0 Å². The molecule has 0 aliphatic heterocycles. The first-order valence-electron chi connectivity index (χ1n) is 6.28. The number of aromatic nitrogens is 1. The summed E-state index contributed by atoms with van der Waals surface area (Å²) in [6.07, 6.45) is 0. The Bertz CT molecular complexity index is 631. The van der Waals surface area contributed by atoms with E-state index in [-0.39, 0.29) is 5.56 Å². The Kier molecular flexibility index (Phi) is 5.22. The molecule has 0 unspecified atom stereocenters. The fourth-order valence-electron chi connectivity index (χ4n) is 1.99. The number of hydrogen-bond donors (Lipinski definition) is 0. The number of nitrogens with zero attached hydrogens (tertiary/aromatic N) is 2. The molecule has 1 aromatic heterocycles. The molecule has 0 aliphatic carbocycles. The molecule has 1 heterocycles. The van der Waals surface area contributed by atoms with Gasteiger partial charge >= 0.3 is 0 Å². The van der Waals surface area contributed by atoms with Crippen molar-refractivity contribution in [3.05, 3.63) is 31.4 Å². The van der Waals surface area contributed by atoms with E-state index in [2.05, 4.69) is 50.6 Å². The Balaban J connectivity index is 2.30. The quantitative estimate of drug-likeness (QED) is 0.750. The van der Waals surface area contributed by atoms with Crippen LogP contribution in [-0.4, -0.2) is 28.5 Å². The van der Waals surface area contributed by atoms with Crippen LogP contribution in [0.2, 0.25) is 0 Å². The van der Waals surface area contributed by atoms with E-state index in [1.807, 2.05) is 16.1 Å². The van der Waals surface area contributed by atoms with Crippen LogP contribution in [0.25, 0.3) is 10.1 Å². The third-order valence-corrected chi connectivity index (χ3v) is 6.15. The first-order chi connectivity index (χ1) is 9.06. The molecule has 0 bridgehead atoms. The van der Waals surface area contributed by atoms with Crippen LogP contribution < -0.4 is 5.56 Å². The van der Waals surface area contributed by atoms with Crippen molar-refractivity contribution in [3.8, 4) is 0 Å². The third-order valence-electron chi connectivity index (χ3n) is 3.20. The number of likely N-dealkylation sites (N-methyl/N-ethyl adjacent to an activating group) is 1. The van der Waals surface area contributed by atoms with E-state index < -0.39 is 0 Å². The normalized spacial score (nSPS) is 11.6. The molecular formula is C13H16Br2N2OS. The average Bonchev–Trinajstić information content (AvgIpc) is 2.69. The van der Waals surface area contributed by atoms with Crippen molar-refractivity contribution in [2.24, 2.45) is 0 Å². The summed E-state index contributed by atoms with van der Waals surface area (Å²) in [5, 5.41) is 0.791. The van der Waals surface area contributed by atoms with Crippen LogP contribution in [0.1, 0.15) is 13.8 Å². The van der Waals surface area contributed by atoms with Crippen LogP contribution in [-0.2, 0) is 6.54 Å². The molecule has 0 spiro atoms. The van der Waals surface area contributed by atoms with Crippen LogP contribution in [0.4, 0.5) is 0 Å². The molecule has 0 radical (unpaired) electrons. The highest BCUT2D eigenvalue weighted by Gasteiger charge is 2.10. The van der Waals surface area contributed by atoms with Crippen molar-refractivity contribution in [2.75, 3.05) is 19.6 Å². The van der Waals surface area contributed by atoms with Gasteiger partial charge in [0.15, 0.2) is 0 Å². The summed E-state index contributed by atoms with van der Waals surface area (Å²) in [5.74, 6) is 0. The second kappa shape index (κ2) is 6.52. The lowest BCUT2D eigenvalue weighted by Crippen LogP contribution is -2.28. The summed E-state index contributed by atoms with van der Waals surface area (Å²) in [6.45, 7) is 8.01. The van der Waals surface area contributed by atoms with Gasteiger partial charge in [-0.3, -0.25) is 8.75 Å². The first kappa shape index (κ1) is 15.2. The fraction of sp³-hybridized carbons (Fsp3) is 0.462. The van der Waals surface area contributed by atoms with E-state index in [0.717, 1.165) is 45.2 Å². The zero-order valence-electron chi connectivity index (χ0n) is 10.9. The molecule has 19 heavy (non-hydrogen) atoms. The summed E-state index contributed by atoms with van der Waals surface area (Å²) in [6, 6.07) is 3.89. The molecule has 3 nitrogen and oxygen atoms in total. The summed E-state index contributed by atoms with van der Waals surface area (Å²) >= 11 is 8.46. The van der Waals surface area contributed by atoms with Crippen LogP contribution in [0.15, 0.2) is 25.9 Å². The Morgan fingerprint density at radius 2 is 1.84 bits per heavy atom. The van der Waals surface area contributed by atoms with Gasteiger partial charge in [0.2, 0.25) is 0 Å². The van der Waals surface area contributed by atoms with Gasteiger partial charge in [-0.15, -0.1) is 0 Å². The summed E-state index contributed by atoms with van der Waals surface area (Å²) < 4.78 is 4.78. The average molecular weight is 408 g/mol. The number of fused-ring (bicyclic) bond motifs is 1. The maximum Gasteiger partial charge on any atom is 0.268 e. The zero-order chi connectivity index (χ0) is 14.0. The molecule has 6 heteroatoms. The topological polar surface area (TPSA) is 25.2 Å². The predicted molar refractivity (Wildman–Crippen MR) is 89.3 cm³/mol. The Morgan fingerprint density at radius 1 is 1.21 bits per heavy atom. The standard InChI is InChI=1S/C13H16Br2N2OS/c1-3-16(4-2)5-6-17-13(18)9-7-10(14)11(15)8-12(9)19-17/h7-8H,3-6H2,1-2H3. The highest BCUT2D eigenvalue weighted by molar-refractivity contribution is 9.13. The van der Waals surface area contributed by atoms with Gasteiger partial charge in [-0.2, -0.15) is 0 Å². The second-order valence-electron chi connectivity index (χ2n) is 4.29. The van der Waals surface area contributed by atoms with Gasteiger partial charge in [0.1, 0.15) is 0 Å². The highest BCUT2D eigenvalue weighted by Crippen LogP contribution is 2.29. The molecule has 0 aliphatic rings. The molecule has 0 fully saturated rings. The van der Waals surface area contributed by atoms with Crippen LogP contribution in [0.3, 0.4) is 0 Å². The van der Waals surface area contributed by atoms with Crippen molar-refractivity contribution in [3.63, 3.8) is 0 Å². The van der Waals surface area contributed by atoms with Crippen molar-refractivity contribution >= 4 is 53.5 Å². The van der Waals surface area contributed by atoms with Crippen molar-refractivity contribution in [1.82, 2.24) is 8.86 Å². The van der Waals surface area contributed by atoms with E-state index in [4.69, 9.17) is 0 Å². The second-order valence-corrected chi connectivity index (χ2v) is 7.06. The minimum atomic E-state index is 0.111. The van der Waals surface area contributed by atoms with Gasteiger partial charge in [0.25, 0.3) is 5.56 Å². The highest BCUT2D eigenvalue weighted by atomic mass is 79.9. The molecule has 0 amide bonds. The predicted octanol–water partition coefficient (Wildman–Crippen LogP) is 3.93. The van der Waals surface area contributed by atoms with Crippen molar-refractivity contribution in [2.45, 2.75) is 20.4 Å². The van der Waals surface area contributed by atoms with Gasteiger partial charge in [-0.25, -0.2) is 0 Å². The molecule has 2 aromatic rings. The van der Waals surface area contributed by atoms with Crippen molar-refractivity contribution < 1.29 is 0 Å². The van der Waals surface area contributed by atoms with Gasteiger partial charge in [0, 0.05) is 22.0 Å². The molecule has 0 atom stereocenters. The van der Waals surface area contributed by atoms with Crippen molar-refractivity contribution in [1.29, 1.82) is 0 Å². The van der Waals surface area contributed by atoms with Gasteiger partial charge in [-0.05, 0) is 57.1 Å². The number of benzene rings is 1. The molecule has 104 valence electrons. The van der Waals surface area contributed by atoms with Gasteiger partial charge in [-0.1, -0.05) is 25.4 Å². The van der Waals surface area contributed by atoms with E-state index >= 15 is 0 Å². The number of halogens is 2. The molecule has 2 rings (SSSR count). The smallest absolute Gasteiger partial charge is 0.268 e. The van der Waals surface area contributed by atoms with Crippen LogP contribution in [0.5, 0.6) is 0 Å². The Hall–Kier alpha value is -0.170. The largest absolute Gasteiger partial charge is 0.302 e. The zero-order valence-corrected chi connectivity index (χ0v) is 14.9. The lowest BCUT2D eigenvalue weighted by molar-refractivity contribution is 0.293. The monoisotopic (exact) mass is 406 g/mol. The SMILES string of the molecule is CCN(CC)CCn1sc2cc(Br)c(Br)cc2c1=O. The molecule has 0 saturated heterocycles. The Morgan fingerprint density at radius 3 is 2.47 bits per heavy atom. The molecule has 0 saturated carbocycles. The summed E-state index contributed by atoms with van der Waals surface area (Å²) in [4.78, 5) is 14.6. The minimum Gasteiger partial charge on any atom is -0.302 e. The minimum absolute atomic E-state index is 0.111. The van der Waals surface area contributed by atoms with E-state index in [0.29, 0.717) is 0 Å². The molecule has 0 N–H and O–H groups in total. The lowest BCUT2D eigenvalue weighted by atomic mass is 10.3. The first-order valence-corrected chi connectivity index (χ1v) is 8.64. The maximum atomic E-state index is 12.3. The number of hydrogen-bond acceptors (Lipinski definition) is 3. The van der Waals surface area contributed by atoms with Gasteiger partial charge < -0.3 is 4.90 Å². The summed E-state index contributed by atoms with van der Waals surface area (Å²) in [5.41, 5.74) is 0.111. The Labute approximate surface area is 133 Å². The molecular weight excluding hydrogens is 392 g/mol. The van der Waals surface area contributed by atoms with E-state index in [1.165, 1.54) is 11.5 Å². The third kappa shape index (κ3) is 3.29. The fourth-order valence-corrected chi connectivity index (χ4v) is 3.83.